The van der Waals surface area contributed by atoms with E-state index in [2.05, 4.69) is 10.6 Å². The summed E-state index contributed by atoms with van der Waals surface area (Å²) in [4.78, 5) is 34.2. The second-order valence-corrected chi connectivity index (χ2v) is 5.94. The van der Waals surface area contributed by atoms with Crippen molar-refractivity contribution in [3.8, 4) is 0 Å². The number of carboxylic acid groups (broad SMARTS) is 1. The smallest absolute Gasteiger partial charge is 0.303 e. The average molecular weight is 381 g/mol. The minimum atomic E-state index is -1.04. The fourth-order valence-corrected chi connectivity index (χ4v) is 2.39. The Kier molecular flexibility index (Phi) is 6.38. The number of benzene rings is 2. The van der Waals surface area contributed by atoms with Gasteiger partial charge in [-0.05, 0) is 42.5 Å². The van der Waals surface area contributed by atoms with Gasteiger partial charge in [0.2, 0.25) is 5.91 Å². The third kappa shape index (κ3) is 5.77. The number of anilines is 2. The average Bonchev–Trinajstić information content (AvgIpc) is 2.56. The molecule has 0 saturated heterocycles. The number of amides is 2. The molecule has 2 amide bonds. The van der Waals surface area contributed by atoms with Crippen LogP contribution in [0.25, 0.3) is 0 Å². The molecule has 0 bridgehead atoms. The molecule has 25 heavy (non-hydrogen) atoms. The lowest BCUT2D eigenvalue weighted by Crippen LogP contribution is -2.14. The lowest BCUT2D eigenvalue weighted by molar-refractivity contribution is -0.138. The zero-order chi connectivity index (χ0) is 18.4. The molecule has 2 aromatic rings. The van der Waals surface area contributed by atoms with Gasteiger partial charge in [-0.1, -0.05) is 23.2 Å². The van der Waals surface area contributed by atoms with E-state index < -0.39 is 11.9 Å². The van der Waals surface area contributed by atoms with Gasteiger partial charge in [-0.3, -0.25) is 14.4 Å². The first-order valence-electron chi connectivity index (χ1n) is 7.23. The maximum atomic E-state index is 12.2. The fourth-order valence-electron chi connectivity index (χ4n) is 1.93. The van der Waals surface area contributed by atoms with Gasteiger partial charge in [0.25, 0.3) is 5.91 Å². The van der Waals surface area contributed by atoms with Gasteiger partial charge in [0.15, 0.2) is 0 Å². The van der Waals surface area contributed by atoms with Crippen LogP contribution < -0.4 is 10.6 Å². The van der Waals surface area contributed by atoms with Crippen molar-refractivity contribution in [2.45, 2.75) is 12.8 Å². The van der Waals surface area contributed by atoms with Gasteiger partial charge in [-0.15, -0.1) is 0 Å². The molecule has 0 unspecified atom stereocenters. The number of rotatable bonds is 6. The Morgan fingerprint density at radius 3 is 2.20 bits per heavy atom. The SMILES string of the molecule is O=C(O)CCC(=O)Nc1ccc(C(=O)Nc2ccc(Cl)cc2Cl)cc1. The zero-order valence-corrected chi connectivity index (χ0v) is 14.4. The van der Waals surface area contributed by atoms with E-state index in [1.165, 1.54) is 18.2 Å². The molecule has 8 heteroatoms. The summed E-state index contributed by atoms with van der Waals surface area (Å²) in [6.07, 6.45) is -0.360. The number of carbonyl (C=O) groups is 3. The third-order valence-corrected chi connectivity index (χ3v) is 3.72. The van der Waals surface area contributed by atoms with Crippen molar-refractivity contribution in [3.63, 3.8) is 0 Å². The summed E-state index contributed by atoms with van der Waals surface area (Å²) in [5.74, 6) is -1.82. The van der Waals surface area contributed by atoms with Crippen molar-refractivity contribution in [2.75, 3.05) is 10.6 Å². The normalized spacial score (nSPS) is 10.2. The Morgan fingerprint density at radius 1 is 0.920 bits per heavy atom. The molecule has 0 fully saturated rings. The van der Waals surface area contributed by atoms with E-state index in [-0.39, 0.29) is 18.7 Å². The van der Waals surface area contributed by atoms with E-state index in [0.717, 1.165) is 0 Å². The zero-order valence-electron chi connectivity index (χ0n) is 12.9. The van der Waals surface area contributed by atoms with Gasteiger partial charge in [0, 0.05) is 22.7 Å². The summed E-state index contributed by atoms with van der Waals surface area (Å²) < 4.78 is 0. The predicted molar refractivity (Wildman–Crippen MR) is 96.4 cm³/mol. The van der Waals surface area contributed by atoms with Crippen LogP contribution in [-0.4, -0.2) is 22.9 Å². The number of nitrogens with one attached hydrogen (secondary N) is 2. The fraction of sp³-hybridized carbons (Fsp3) is 0.118. The molecule has 0 saturated carbocycles. The maximum Gasteiger partial charge on any atom is 0.303 e. The summed E-state index contributed by atoms with van der Waals surface area (Å²) in [7, 11) is 0. The summed E-state index contributed by atoms with van der Waals surface area (Å²) in [6, 6.07) is 10.9. The van der Waals surface area contributed by atoms with E-state index in [9.17, 15) is 14.4 Å². The molecular weight excluding hydrogens is 367 g/mol. The van der Waals surface area contributed by atoms with Gasteiger partial charge in [-0.25, -0.2) is 0 Å². The van der Waals surface area contributed by atoms with Gasteiger partial charge in [-0.2, -0.15) is 0 Å². The molecular formula is C17H14Cl2N2O4. The quantitative estimate of drug-likeness (QED) is 0.704. The van der Waals surface area contributed by atoms with Crippen LogP contribution in [0.2, 0.25) is 10.0 Å². The molecule has 3 N–H and O–H groups in total. The molecule has 0 heterocycles. The van der Waals surface area contributed by atoms with Gasteiger partial charge < -0.3 is 15.7 Å². The first-order chi connectivity index (χ1) is 11.8. The van der Waals surface area contributed by atoms with Crippen LogP contribution in [0.5, 0.6) is 0 Å². The van der Waals surface area contributed by atoms with Crippen LogP contribution in [0.3, 0.4) is 0 Å². The van der Waals surface area contributed by atoms with Crippen molar-refractivity contribution < 1.29 is 19.5 Å². The molecule has 130 valence electrons. The number of carbonyl (C=O) groups excluding carboxylic acids is 2. The molecule has 6 nitrogen and oxygen atoms in total. The van der Waals surface area contributed by atoms with Crippen molar-refractivity contribution >= 4 is 52.4 Å². The number of aliphatic carboxylic acids is 1. The van der Waals surface area contributed by atoms with Crippen LogP contribution in [0.4, 0.5) is 11.4 Å². The molecule has 0 aliphatic heterocycles. The van der Waals surface area contributed by atoms with E-state index in [0.29, 0.717) is 27.0 Å². The van der Waals surface area contributed by atoms with Crippen molar-refractivity contribution in [3.05, 3.63) is 58.1 Å². The maximum absolute atomic E-state index is 12.2. The van der Waals surface area contributed by atoms with Gasteiger partial charge in [0.05, 0.1) is 17.1 Å². The largest absolute Gasteiger partial charge is 0.481 e. The second-order valence-electron chi connectivity index (χ2n) is 5.10. The Morgan fingerprint density at radius 2 is 1.60 bits per heavy atom. The minimum absolute atomic E-state index is 0.118. The molecule has 0 aromatic heterocycles. The van der Waals surface area contributed by atoms with Crippen LogP contribution >= 0.6 is 23.2 Å². The molecule has 0 spiro atoms. The lowest BCUT2D eigenvalue weighted by atomic mass is 10.2. The van der Waals surface area contributed by atoms with Crippen LogP contribution in [0.1, 0.15) is 23.2 Å². The van der Waals surface area contributed by atoms with Crippen LogP contribution in [-0.2, 0) is 9.59 Å². The lowest BCUT2D eigenvalue weighted by Gasteiger charge is -2.09. The summed E-state index contributed by atoms with van der Waals surface area (Å²) >= 11 is 11.8. The molecule has 2 rings (SSSR count). The van der Waals surface area contributed by atoms with Crippen LogP contribution in [0, 0.1) is 0 Å². The monoisotopic (exact) mass is 380 g/mol. The number of halogens is 2. The number of carboxylic acids is 1. The molecule has 0 aliphatic rings. The predicted octanol–water partition coefficient (Wildman–Crippen LogP) is 4.05. The molecule has 0 atom stereocenters. The van der Waals surface area contributed by atoms with Gasteiger partial charge in [0.1, 0.15) is 0 Å². The Balaban J connectivity index is 1.98. The minimum Gasteiger partial charge on any atom is -0.481 e. The highest BCUT2D eigenvalue weighted by Gasteiger charge is 2.10. The van der Waals surface area contributed by atoms with Crippen molar-refractivity contribution in [1.82, 2.24) is 0 Å². The number of hydrogen-bond acceptors (Lipinski definition) is 3. The van der Waals surface area contributed by atoms with E-state index in [4.69, 9.17) is 28.3 Å². The van der Waals surface area contributed by atoms with E-state index >= 15 is 0 Å². The first-order valence-corrected chi connectivity index (χ1v) is 7.99. The highest BCUT2D eigenvalue weighted by molar-refractivity contribution is 6.36. The first kappa shape index (κ1) is 18.8. The molecule has 0 aliphatic carbocycles. The Hall–Kier alpha value is -2.57. The van der Waals surface area contributed by atoms with Crippen LogP contribution in [0.15, 0.2) is 42.5 Å². The Labute approximate surface area is 153 Å². The third-order valence-electron chi connectivity index (χ3n) is 3.18. The van der Waals surface area contributed by atoms with Crippen molar-refractivity contribution in [2.24, 2.45) is 0 Å². The van der Waals surface area contributed by atoms with E-state index in [1.807, 2.05) is 0 Å². The second kappa shape index (κ2) is 8.50. The number of hydrogen-bond donors (Lipinski definition) is 3. The molecule has 2 aromatic carbocycles. The van der Waals surface area contributed by atoms with E-state index in [1.54, 1.807) is 24.3 Å². The highest BCUT2D eigenvalue weighted by atomic mass is 35.5. The summed E-state index contributed by atoms with van der Waals surface area (Å²) in [5, 5.41) is 14.6. The summed E-state index contributed by atoms with van der Waals surface area (Å²) in [6.45, 7) is 0. The topological polar surface area (TPSA) is 95.5 Å². The van der Waals surface area contributed by atoms with Gasteiger partial charge >= 0.3 is 5.97 Å². The molecule has 0 radical (unpaired) electrons. The van der Waals surface area contributed by atoms with Crippen molar-refractivity contribution in [1.29, 1.82) is 0 Å². The standard InChI is InChI=1S/C17H14Cl2N2O4/c18-11-3-6-14(13(19)9-11)21-17(25)10-1-4-12(5-2-10)20-15(22)7-8-16(23)24/h1-6,9H,7-8H2,(H,20,22)(H,21,25)(H,23,24). The Bertz CT molecular complexity index is 807. The summed E-state index contributed by atoms with van der Waals surface area (Å²) in [5.41, 5.74) is 1.27. The highest BCUT2D eigenvalue weighted by Crippen LogP contribution is 2.26.